The van der Waals surface area contributed by atoms with E-state index in [4.69, 9.17) is 9.47 Å². The molecule has 0 aliphatic rings. The Morgan fingerprint density at radius 1 is 1.19 bits per heavy atom. The molecule has 0 amide bonds. The number of carbonyl (C=O) groups excluding carboxylic acids is 1. The van der Waals surface area contributed by atoms with Gasteiger partial charge in [0.1, 0.15) is 18.7 Å². The Morgan fingerprint density at radius 3 is 2.52 bits per heavy atom. The molecule has 1 aromatic carbocycles. The van der Waals surface area contributed by atoms with Crippen LogP contribution in [-0.4, -0.2) is 13.4 Å². The topological polar surface area (TPSA) is 48.7 Å². The minimum absolute atomic E-state index is 0.0313. The van der Waals surface area contributed by atoms with Crippen molar-refractivity contribution in [2.45, 2.75) is 12.8 Å². The Morgan fingerprint density at radius 2 is 1.95 bits per heavy atom. The highest BCUT2D eigenvalue weighted by atomic mass is 19.4. The molecule has 4 nitrogen and oxygen atoms in total. The second-order valence-corrected chi connectivity index (χ2v) is 4.08. The molecule has 1 heterocycles. The molecule has 0 spiro atoms. The van der Waals surface area contributed by atoms with Crippen molar-refractivity contribution >= 4 is 6.29 Å². The summed E-state index contributed by atoms with van der Waals surface area (Å²) >= 11 is 0. The van der Waals surface area contributed by atoms with Gasteiger partial charge in [-0.2, -0.15) is 13.2 Å². The van der Waals surface area contributed by atoms with Crippen molar-refractivity contribution in [1.82, 2.24) is 0 Å². The third-order valence-electron chi connectivity index (χ3n) is 2.63. The zero-order chi connectivity index (χ0) is 15.5. The minimum Gasteiger partial charge on any atom is -0.493 e. The number of hydrogen-bond acceptors (Lipinski definition) is 4. The lowest BCUT2D eigenvalue weighted by molar-refractivity contribution is -0.153. The molecule has 7 heteroatoms. The van der Waals surface area contributed by atoms with Crippen molar-refractivity contribution < 1.29 is 31.9 Å². The molecule has 2 aromatic rings. The normalized spacial score (nSPS) is 11.2. The van der Waals surface area contributed by atoms with Gasteiger partial charge in [-0.25, -0.2) is 0 Å². The summed E-state index contributed by atoms with van der Waals surface area (Å²) in [6.45, 7) is -0.188. The Labute approximate surface area is 118 Å². The molecular weight excluding hydrogens is 289 g/mol. The first-order chi connectivity index (χ1) is 9.94. The van der Waals surface area contributed by atoms with Gasteiger partial charge in [-0.05, 0) is 30.3 Å². The van der Waals surface area contributed by atoms with Gasteiger partial charge >= 0.3 is 6.18 Å². The minimum atomic E-state index is -4.53. The van der Waals surface area contributed by atoms with Crippen LogP contribution in [0.2, 0.25) is 0 Å². The van der Waals surface area contributed by atoms with Crippen LogP contribution in [0, 0.1) is 0 Å². The Balaban J connectivity index is 2.09. The molecule has 0 saturated carbocycles. The van der Waals surface area contributed by atoms with Crippen LogP contribution in [-0.2, 0) is 12.8 Å². The standard InChI is InChI=1S/C14H11F3O4/c1-19-12-6-9(7-18)2-4-11(12)20-8-10-3-5-13(21-10)14(15,16)17/h2-7H,8H2,1H3. The van der Waals surface area contributed by atoms with Crippen LogP contribution in [0.25, 0.3) is 0 Å². The lowest BCUT2D eigenvalue weighted by atomic mass is 10.2. The maximum Gasteiger partial charge on any atom is 0.449 e. The third kappa shape index (κ3) is 3.56. The molecule has 112 valence electrons. The number of carbonyl (C=O) groups is 1. The fourth-order valence-corrected chi connectivity index (χ4v) is 1.63. The third-order valence-corrected chi connectivity index (χ3v) is 2.63. The highest BCUT2D eigenvalue weighted by Gasteiger charge is 2.34. The number of methoxy groups -OCH3 is 1. The van der Waals surface area contributed by atoms with Crippen molar-refractivity contribution in [1.29, 1.82) is 0 Å². The van der Waals surface area contributed by atoms with E-state index in [9.17, 15) is 18.0 Å². The van der Waals surface area contributed by atoms with Crippen LogP contribution < -0.4 is 9.47 Å². The van der Waals surface area contributed by atoms with E-state index in [-0.39, 0.29) is 12.4 Å². The van der Waals surface area contributed by atoms with E-state index in [0.29, 0.717) is 23.3 Å². The number of furan rings is 1. The zero-order valence-corrected chi connectivity index (χ0v) is 10.9. The number of rotatable bonds is 5. The molecule has 0 bridgehead atoms. The van der Waals surface area contributed by atoms with Crippen LogP contribution in [0.5, 0.6) is 11.5 Å². The fraction of sp³-hybridized carbons (Fsp3) is 0.214. The molecular formula is C14H11F3O4. The van der Waals surface area contributed by atoms with Gasteiger partial charge in [0.05, 0.1) is 7.11 Å². The lowest BCUT2D eigenvalue weighted by Crippen LogP contribution is -2.02. The van der Waals surface area contributed by atoms with E-state index in [1.807, 2.05) is 0 Å². The molecule has 2 rings (SSSR count). The van der Waals surface area contributed by atoms with Crippen molar-refractivity contribution in [2.75, 3.05) is 7.11 Å². The summed E-state index contributed by atoms with van der Waals surface area (Å²) in [5, 5.41) is 0. The lowest BCUT2D eigenvalue weighted by Gasteiger charge is -2.10. The average Bonchev–Trinajstić information content (AvgIpc) is 2.94. The van der Waals surface area contributed by atoms with Gasteiger partial charge in [0.15, 0.2) is 11.5 Å². The van der Waals surface area contributed by atoms with Crippen LogP contribution in [0.15, 0.2) is 34.7 Å². The quantitative estimate of drug-likeness (QED) is 0.790. The maximum absolute atomic E-state index is 12.4. The SMILES string of the molecule is COc1cc(C=O)ccc1OCc1ccc(C(F)(F)F)o1. The second-order valence-electron chi connectivity index (χ2n) is 4.08. The van der Waals surface area contributed by atoms with E-state index >= 15 is 0 Å². The van der Waals surface area contributed by atoms with Crippen LogP contribution in [0.3, 0.4) is 0 Å². The summed E-state index contributed by atoms with van der Waals surface area (Å²) < 4.78 is 52.2. The average molecular weight is 300 g/mol. The number of ether oxygens (including phenoxy) is 2. The maximum atomic E-state index is 12.4. The highest BCUT2D eigenvalue weighted by molar-refractivity contribution is 5.76. The predicted molar refractivity (Wildman–Crippen MR) is 66.4 cm³/mol. The van der Waals surface area contributed by atoms with Crippen LogP contribution in [0.4, 0.5) is 13.2 Å². The highest BCUT2D eigenvalue weighted by Crippen LogP contribution is 2.32. The van der Waals surface area contributed by atoms with E-state index in [1.165, 1.54) is 31.4 Å². The van der Waals surface area contributed by atoms with Gasteiger partial charge in [0, 0.05) is 5.56 Å². The first kappa shape index (κ1) is 15.0. The second kappa shape index (κ2) is 5.90. The summed E-state index contributed by atoms with van der Waals surface area (Å²) in [4.78, 5) is 10.6. The molecule has 0 N–H and O–H groups in total. The molecule has 0 unspecified atom stereocenters. The van der Waals surface area contributed by atoms with Crippen LogP contribution >= 0.6 is 0 Å². The summed E-state index contributed by atoms with van der Waals surface area (Å²) in [5.41, 5.74) is 0.400. The fourth-order valence-electron chi connectivity index (χ4n) is 1.63. The van der Waals surface area contributed by atoms with Gasteiger partial charge in [0.25, 0.3) is 0 Å². The summed E-state index contributed by atoms with van der Waals surface area (Å²) in [7, 11) is 1.39. The van der Waals surface area contributed by atoms with E-state index in [1.54, 1.807) is 0 Å². The van der Waals surface area contributed by atoms with Crippen molar-refractivity contribution in [3.63, 3.8) is 0 Å². The molecule has 0 radical (unpaired) electrons. The Hall–Kier alpha value is -2.44. The number of benzene rings is 1. The first-order valence-electron chi connectivity index (χ1n) is 5.86. The number of halogens is 3. The summed E-state index contributed by atoms with van der Waals surface area (Å²) in [6, 6.07) is 6.50. The van der Waals surface area contributed by atoms with Gasteiger partial charge < -0.3 is 13.9 Å². The summed E-state index contributed by atoms with van der Waals surface area (Å²) in [5.74, 6) is -0.441. The number of aldehydes is 1. The van der Waals surface area contributed by atoms with E-state index in [0.717, 1.165) is 6.07 Å². The first-order valence-corrected chi connectivity index (χ1v) is 5.86. The van der Waals surface area contributed by atoms with E-state index < -0.39 is 11.9 Å². The molecule has 21 heavy (non-hydrogen) atoms. The smallest absolute Gasteiger partial charge is 0.449 e. The van der Waals surface area contributed by atoms with Crippen molar-refractivity contribution in [3.05, 3.63) is 47.4 Å². The molecule has 0 atom stereocenters. The molecule has 0 aliphatic heterocycles. The van der Waals surface area contributed by atoms with Crippen LogP contribution in [0.1, 0.15) is 21.9 Å². The zero-order valence-electron chi connectivity index (χ0n) is 10.9. The molecule has 0 aliphatic carbocycles. The van der Waals surface area contributed by atoms with Crippen molar-refractivity contribution in [2.24, 2.45) is 0 Å². The van der Waals surface area contributed by atoms with Gasteiger partial charge in [0.2, 0.25) is 5.76 Å². The van der Waals surface area contributed by atoms with Gasteiger partial charge in [-0.1, -0.05) is 0 Å². The molecule has 0 fully saturated rings. The van der Waals surface area contributed by atoms with E-state index in [2.05, 4.69) is 4.42 Å². The molecule has 1 aromatic heterocycles. The molecule has 0 saturated heterocycles. The number of alkyl halides is 3. The van der Waals surface area contributed by atoms with Gasteiger partial charge in [-0.15, -0.1) is 0 Å². The largest absolute Gasteiger partial charge is 0.493 e. The number of hydrogen-bond donors (Lipinski definition) is 0. The van der Waals surface area contributed by atoms with Crippen molar-refractivity contribution in [3.8, 4) is 11.5 Å². The van der Waals surface area contributed by atoms with Gasteiger partial charge in [-0.3, -0.25) is 4.79 Å². The monoisotopic (exact) mass is 300 g/mol. The summed E-state index contributed by atoms with van der Waals surface area (Å²) in [6.07, 6.45) is -3.88. The Bertz CT molecular complexity index is 631. The predicted octanol–water partition coefficient (Wildman–Crippen LogP) is 3.70. The Kier molecular flexibility index (Phi) is 4.21.